The Hall–Kier alpha value is -1.58. The van der Waals surface area contributed by atoms with Gasteiger partial charge in [0.15, 0.2) is 0 Å². The van der Waals surface area contributed by atoms with Crippen LogP contribution in [0.15, 0.2) is 47.1 Å². The third-order valence-corrected chi connectivity index (χ3v) is 3.99. The van der Waals surface area contributed by atoms with E-state index < -0.39 is 0 Å². The molecule has 1 aromatic carbocycles. The zero-order chi connectivity index (χ0) is 13.8. The molecule has 1 N–H and O–H groups in total. The van der Waals surface area contributed by atoms with E-state index in [4.69, 9.17) is 9.15 Å². The first-order chi connectivity index (χ1) is 9.88. The quantitative estimate of drug-likeness (QED) is 0.901. The van der Waals surface area contributed by atoms with Gasteiger partial charge in [0.25, 0.3) is 0 Å². The molecule has 1 heterocycles. The van der Waals surface area contributed by atoms with Gasteiger partial charge in [0, 0.05) is 13.2 Å². The topological polar surface area (TPSA) is 34.4 Å². The molecule has 0 saturated carbocycles. The molecule has 1 aliphatic rings. The van der Waals surface area contributed by atoms with Crippen molar-refractivity contribution < 1.29 is 9.15 Å². The predicted octanol–water partition coefficient (Wildman–Crippen LogP) is 3.63. The van der Waals surface area contributed by atoms with Gasteiger partial charge < -0.3 is 9.15 Å². The monoisotopic (exact) mass is 271 g/mol. The Labute approximate surface area is 119 Å². The minimum Gasteiger partial charge on any atom is -0.468 e. The Morgan fingerprint density at radius 2 is 2.20 bits per heavy atom. The fraction of sp³-hybridized carbons (Fsp3) is 0.412. The molecule has 20 heavy (non-hydrogen) atoms. The van der Waals surface area contributed by atoms with Gasteiger partial charge in [0.05, 0.1) is 18.9 Å². The maximum atomic E-state index is 5.54. The number of furan rings is 1. The van der Waals surface area contributed by atoms with Crippen LogP contribution in [-0.4, -0.2) is 13.7 Å². The predicted molar refractivity (Wildman–Crippen MR) is 78.6 cm³/mol. The summed E-state index contributed by atoms with van der Waals surface area (Å²) in [5, 5.41) is 3.70. The fourth-order valence-corrected chi connectivity index (χ4v) is 3.04. The molecule has 0 amide bonds. The van der Waals surface area contributed by atoms with Crippen LogP contribution in [0.2, 0.25) is 0 Å². The molecule has 3 rings (SSSR count). The highest BCUT2D eigenvalue weighted by molar-refractivity contribution is 5.32. The summed E-state index contributed by atoms with van der Waals surface area (Å²) in [4.78, 5) is 0. The molecule has 0 saturated heterocycles. The first-order valence-corrected chi connectivity index (χ1v) is 7.24. The SMILES string of the molecule is COC[C@@H](N[C@H]1CCCc2ccccc21)c1ccco1. The van der Waals surface area contributed by atoms with E-state index in [1.165, 1.54) is 24.0 Å². The van der Waals surface area contributed by atoms with Gasteiger partial charge in [-0.1, -0.05) is 24.3 Å². The average Bonchev–Trinajstić information content (AvgIpc) is 3.01. The van der Waals surface area contributed by atoms with Crippen molar-refractivity contribution >= 4 is 0 Å². The van der Waals surface area contributed by atoms with E-state index in [0.29, 0.717) is 12.6 Å². The summed E-state index contributed by atoms with van der Waals surface area (Å²) in [5.74, 6) is 0.940. The lowest BCUT2D eigenvalue weighted by molar-refractivity contribution is 0.148. The van der Waals surface area contributed by atoms with Crippen molar-refractivity contribution in [2.24, 2.45) is 0 Å². The second-order valence-electron chi connectivity index (χ2n) is 5.33. The number of benzene rings is 1. The Bertz CT molecular complexity index is 536. The number of hydrogen-bond acceptors (Lipinski definition) is 3. The highest BCUT2D eigenvalue weighted by atomic mass is 16.5. The van der Waals surface area contributed by atoms with E-state index >= 15 is 0 Å². The molecule has 0 aliphatic heterocycles. The van der Waals surface area contributed by atoms with Crippen LogP contribution < -0.4 is 5.32 Å². The van der Waals surface area contributed by atoms with Gasteiger partial charge in [-0.05, 0) is 42.5 Å². The highest BCUT2D eigenvalue weighted by Gasteiger charge is 2.24. The summed E-state index contributed by atoms with van der Waals surface area (Å²) in [6.07, 6.45) is 5.29. The van der Waals surface area contributed by atoms with Crippen LogP contribution in [0.3, 0.4) is 0 Å². The van der Waals surface area contributed by atoms with Crippen LogP contribution in [-0.2, 0) is 11.2 Å². The standard InChI is InChI=1S/C17H21NO2/c1-19-12-16(17-10-5-11-20-17)18-15-9-4-7-13-6-2-3-8-14(13)15/h2-3,5-6,8,10-11,15-16,18H,4,7,9,12H2,1H3/t15-,16+/m0/s1. The van der Waals surface area contributed by atoms with E-state index in [9.17, 15) is 0 Å². The fourth-order valence-electron chi connectivity index (χ4n) is 3.04. The lowest BCUT2D eigenvalue weighted by Crippen LogP contribution is -2.31. The molecule has 1 aliphatic carbocycles. The van der Waals surface area contributed by atoms with Crippen LogP contribution in [0.1, 0.15) is 41.8 Å². The summed E-state index contributed by atoms with van der Waals surface area (Å²) >= 11 is 0. The van der Waals surface area contributed by atoms with Crippen molar-refractivity contribution in [1.29, 1.82) is 0 Å². The molecule has 0 unspecified atom stereocenters. The van der Waals surface area contributed by atoms with Crippen LogP contribution in [0, 0.1) is 0 Å². The van der Waals surface area contributed by atoms with E-state index in [2.05, 4.69) is 29.6 Å². The van der Waals surface area contributed by atoms with Gasteiger partial charge in [0.2, 0.25) is 0 Å². The lowest BCUT2D eigenvalue weighted by Gasteiger charge is -2.29. The molecule has 0 spiro atoms. The van der Waals surface area contributed by atoms with E-state index in [1.54, 1.807) is 13.4 Å². The Kier molecular flexibility index (Phi) is 4.19. The average molecular weight is 271 g/mol. The van der Waals surface area contributed by atoms with E-state index in [0.717, 1.165) is 12.2 Å². The summed E-state index contributed by atoms with van der Waals surface area (Å²) in [7, 11) is 1.73. The maximum absolute atomic E-state index is 5.54. The number of ether oxygens (including phenoxy) is 1. The summed E-state index contributed by atoms with van der Waals surface area (Å²) in [5.41, 5.74) is 2.89. The van der Waals surface area contributed by atoms with Crippen LogP contribution in [0.4, 0.5) is 0 Å². The Morgan fingerprint density at radius 3 is 3.00 bits per heavy atom. The number of rotatable bonds is 5. The molecule has 0 radical (unpaired) electrons. The molecular weight excluding hydrogens is 250 g/mol. The van der Waals surface area contributed by atoms with Gasteiger partial charge in [-0.15, -0.1) is 0 Å². The van der Waals surface area contributed by atoms with Crippen LogP contribution in [0.25, 0.3) is 0 Å². The lowest BCUT2D eigenvalue weighted by atomic mass is 9.87. The first-order valence-electron chi connectivity index (χ1n) is 7.24. The highest BCUT2D eigenvalue weighted by Crippen LogP contribution is 2.31. The minimum absolute atomic E-state index is 0.103. The van der Waals surface area contributed by atoms with Gasteiger partial charge in [-0.3, -0.25) is 5.32 Å². The third kappa shape index (κ3) is 2.79. The molecule has 2 aromatic rings. The molecule has 3 heteroatoms. The Balaban J connectivity index is 1.79. The van der Waals surface area contributed by atoms with Gasteiger partial charge >= 0.3 is 0 Å². The van der Waals surface area contributed by atoms with Crippen molar-refractivity contribution in [2.75, 3.05) is 13.7 Å². The zero-order valence-corrected chi connectivity index (χ0v) is 11.8. The number of methoxy groups -OCH3 is 1. The zero-order valence-electron chi connectivity index (χ0n) is 11.8. The minimum atomic E-state index is 0.103. The first kappa shape index (κ1) is 13.4. The second kappa shape index (κ2) is 6.25. The smallest absolute Gasteiger partial charge is 0.123 e. The molecule has 1 aromatic heterocycles. The Morgan fingerprint density at radius 1 is 1.30 bits per heavy atom. The van der Waals surface area contributed by atoms with E-state index in [1.807, 2.05) is 12.1 Å². The summed E-state index contributed by atoms with van der Waals surface area (Å²) in [6, 6.07) is 13.1. The molecule has 2 atom stereocenters. The normalized spacial score (nSPS) is 19.6. The van der Waals surface area contributed by atoms with Crippen molar-refractivity contribution in [1.82, 2.24) is 5.32 Å². The van der Waals surface area contributed by atoms with E-state index in [-0.39, 0.29) is 6.04 Å². The van der Waals surface area contributed by atoms with Crippen LogP contribution >= 0.6 is 0 Å². The molecule has 3 nitrogen and oxygen atoms in total. The largest absolute Gasteiger partial charge is 0.468 e. The van der Waals surface area contributed by atoms with Crippen LogP contribution in [0.5, 0.6) is 0 Å². The van der Waals surface area contributed by atoms with Crippen molar-refractivity contribution in [3.8, 4) is 0 Å². The number of hydrogen-bond donors (Lipinski definition) is 1. The third-order valence-electron chi connectivity index (χ3n) is 3.99. The molecule has 106 valence electrons. The van der Waals surface area contributed by atoms with Gasteiger partial charge in [-0.2, -0.15) is 0 Å². The van der Waals surface area contributed by atoms with Gasteiger partial charge in [-0.25, -0.2) is 0 Å². The van der Waals surface area contributed by atoms with Gasteiger partial charge in [0.1, 0.15) is 5.76 Å². The number of nitrogens with one attached hydrogen (secondary N) is 1. The number of aryl methyl sites for hydroxylation is 1. The number of fused-ring (bicyclic) bond motifs is 1. The van der Waals surface area contributed by atoms with Crippen molar-refractivity contribution in [3.05, 3.63) is 59.5 Å². The summed E-state index contributed by atoms with van der Waals surface area (Å²) in [6.45, 7) is 0.617. The summed E-state index contributed by atoms with van der Waals surface area (Å²) < 4.78 is 10.9. The van der Waals surface area contributed by atoms with Crippen molar-refractivity contribution in [3.63, 3.8) is 0 Å². The second-order valence-corrected chi connectivity index (χ2v) is 5.33. The molecule has 0 bridgehead atoms. The molecule has 0 fully saturated rings. The maximum Gasteiger partial charge on any atom is 0.123 e. The van der Waals surface area contributed by atoms with Crippen molar-refractivity contribution in [2.45, 2.75) is 31.3 Å². The molecular formula is C17H21NO2.